The Balaban J connectivity index is 1.51. The molecule has 0 bridgehead atoms. The summed E-state index contributed by atoms with van der Waals surface area (Å²) in [5.74, 6) is 1.44. The molecule has 1 unspecified atom stereocenters. The number of likely N-dealkylation sites (tertiary alicyclic amines) is 1. The molecular formula is C23H33N6O3P. The standard InChI is InChI=1S/C23H33N6O3P/c1-32-33(2,31)11-8-25-23-26-21(24)20-13-19(30)16-29(22(20)27-23)15-18-7-5-6-17(12-18)14-28-9-3-4-10-28/h5-7,12H,3-4,8-11,13-16H2,1-2H3,(H3,24,25,26,27). The largest absolute Gasteiger partial charge is 0.383 e. The van der Waals surface area contributed by atoms with Crippen LogP contribution in [0.15, 0.2) is 24.3 Å². The van der Waals surface area contributed by atoms with Gasteiger partial charge in [-0.2, -0.15) is 9.97 Å². The lowest BCUT2D eigenvalue weighted by Crippen LogP contribution is -2.37. The van der Waals surface area contributed by atoms with Crippen LogP contribution in [0.25, 0.3) is 0 Å². The number of anilines is 3. The first kappa shape index (κ1) is 23.7. The maximum absolute atomic E-state index is 12.5. The first-order valence-corrected chi connectivity index (χ1v) is 13.7. The number of ketones is 1. The number of nitrogens with zero attached hydrogens (tertiary/aromatic N) is 4. The number of hydrogen-bond donors (Lipinski definition) is 2. The van der Waals surface area contributed by atoms with Crippen LogP contribution in [0, 0.1) is 0 Å². The number of nitrogen functional groups attached to an aromatic ring is 1. The Morgan fingerprint density at radius 1 is 1.18 bits per heavy atom. The molecule has 2 aliphatic heterocycles. The van der Waals surface area contributed by atoms with Crippen molar-refractivity contribution in [3.05, 3.63) is 41.0 Å². The van der Waals surface area contributed by atoms with Crippen molar-refractivity contribution in [1.82, 2.24) is 14.9 Å². The van der Waals surface area contributed by atoms with E-state index in [1.54, 1.807) is 6.66 Å². The van der Waals surface area contributed by atoms with Crippen molar-refractivity contribution < 1.29 is 13.9 Å². The number of nitrogens with two attached hydrogens (primary N) is 1. The molecule has 33 heavy (non-hydrogen) atoms. The van der Waals surface area contributed by atoms with Gasteiger partial charge in [-0.25, -0.2) is 0 Å². The predicted molar refractivity (Wildman–Crippen MR) is 131 cm³/mol. The second kappa shape index (κ2) is 10.2. The summed E-state index contributed by atoms with van der Waals surface area (Å²) >= 11 is 0. The highest BCUT2D eigenvalue weighted by atomic mass is 31.2. The minimum atomic E-state index is -2.64. The van der Waals surface area contributed by atoms with Gasteiger partial charge in [-0.1, -0.05) is 24.3 Å². The van der Waals surface area contributed by atoms with Crippen LogP contribution in [0.5, 0.6) is 0 Å². The number of nitrogens with one attached hydrogen (secondary N) is 1. The van der Waals surface area contributed by atoms with Gasteiger partial charge in [0, 0.05) is 51.6 Å². The topological polar surface area (TPSA) is 114 Å². The van der Waals surface area contributed by atoms with Gasteiger partial charge in [-0.15, -0.1) is 0 Å². The minimum absolute atomic E-state index is 0.0961. The number of benzene rings is 1. The van der Waals surface area contributed by atoms with Crippen molar-refractivity contribution in [2.75, 3.05) is 62.1 Å². The summed E-state index contributed by atoms with van der Waals surface area (Å²) in [6.45, 7) is 6.11. The summed E-state index contributed by atoms with van der Waals surface area (Å²) in [6.07, 6.45) is 3.13. The van der Waals surface area contributed by atoms with Crippen molar-refractivity contribution in [3.63, 3.8) is 0 Å². The lowest BCUT2D eigenvalue weighted by Gasteiger charge is -2.30. The van der Waals surface area contributed by atoms with Crippen LogP contribution >= 0.6 is 7.37 Å². The van der Waals surface area contributed by atoms with E-state index in [9.17, 15) is 9.36 Å². The van der Waals surface area contributed by atoms with Crippen molar-refractivity contribution in [2.24, 2.45) is 0 Å². The first-order valence-electron chi connectivity index (χ1n) is 11.4. The van der Waals surface area contributed by atoms with Crippen LogP contribution in [0.4, 0.5) is 17.6 Å². The van der Waals surface area contributed by atoms with Gasteiger partial charge in [0.15, 0.2) is 5.78 Å². The summed E-state index contributed by atoms with van der Waals surface area (Å²) in [4.78, 5) is 25.9. The molecule has 178 valence electrons. The van der Waals surface area contributed by atoms with E-state index in [-0.39, 0.29) is 18.7 Å². The van der Waals surface area contributed by atoms with E-state index in [0.29, 0.717) is 42.4 Å². The molecular weight excluding hydrogens is 439 g/mol. The van der Waals surface area contributed by atoms with Crippen LogP contribution in [0.1, 0.15) is 29.5 Å². The quantitative estimate of drug-likeness (QED) is 0.532. The summed E-state index contributed by atoms with van der Waals surface area (Å²) in [5, 5.41) is 3.10. The number of hydrogen-bond acceptors (Lipinski definition) is 9. The second-order valence-corrected chi connectivity index (χ2v) is 11.8. The molecule has 2 aromatic rings. The van der Waals surface area contributed by atoms with E-state index in [2.05, 4.69) is 44.5 Å². The zero-order valence-electron chi connectivity index (χ0n) is 19.4. The predicted octanol–water partition coefficient (Wildman–Crippen LogP) is 2.75. The average molecular weight is 473 g/mol. The fourth-order valence-corrected chi connectivity index (χ4v) is 5.08. The highest BCUT2D eigenvalue weighted by Gasteiger charge is 2.27. The smallest absolute Gasteiger partial charge is 0.226 e. The molecule has 2 aliphatic rings. The monoisotopic (exact) mass is 472 g/mol. The summed E-state index contributed by atoms with van der Waals surface area (Å²) in [6, 6.07) is 8.53. The van der Waals surface area contributed by atoms with Gasteiger partial charge in [0.1, 0.15) is 11.6 Å². The fraction of sp³-hybridized carbons (Fsp3) is 0.522. The molecule has 0 amide bonds. The molecule has 1 aromatic heterocycles. The van der Waals surface area contributed by atoms with E-state index < -0.39 is 7.37 Å². The zero-order valence-corrected chi connectivity index (χ0v) is 20.3. The molecule has 1 saturated heterocycles. The van der Waals surface area contributed by atoms with Gasteiger partial charge in [-0.05, 0) is 37.1 Å². The molecule has 4 rings (SSSR count). The Bertz CT molecular complexity index is 1060. The molecule has 3 N–H and O–H groups in total. The lowest BCUT2D eigenvalue weighted by atomic mass is 10.0. The normalized spacial score (nSPS) is 18.2. The van der Waals surface area contributed by atoms with Gasteiger partial charge >= 0.3 is 0 Å². The van der Waals surface area contributed by atoms with Gasteiger partial charge in [0.25, 0.3) is 0 Å². The third-order valence-electron chi connectivity index (χ3n) is 6.21. The minimum Gasteiger partial charge on any atom is -0.383 e. The van der Waals surface area contributed by atoms with Gasteiger partial charge in [0.2, 0.25) is 13.3 Å². The molecule has 0 aliphatic carbocycles. The maximum atomic E-state index is 12.5. The van der Waals surface area contributed by atoms with Gasteiger partial charge < -0.3 is 20.5 Å². The van der Waals surface area contributed by atoms with Crippen molar-refractivity contribution >= 4 is 30.7 Å². The number of rotatable bonds is 9. The lowest BCUT2D eigenvalue weighted by molar-refractivity contribution is -0.117. The highest BCUT2D eigenvalue weighted by Crippen LogP contribution is 2.40. The molecule has 10 heteroatoms. The number of fused-ring (bicyclic) bond motifs is 1. The van der Waals surface area contributed by atoms with Crippen LogP contribution in [0.3, 0.4) is 0 Å². The fourth-order valence-electron chi connectivity index (χ4n) is 4.38. The van der Waals surface area contributed by atoms with E-state index in [1.807, 2.05) is 4.90 Å². The highest BCUT2D eigenvalue weighted by molar-refractivity contribution is 7.58. The molecule has 1 atom stereocenters. The van der Waals surface area contributed by atoms with Gasteiger partial charge in [-0.3, -0.25) is 14.3 Å². The molecule has 0 spiro atoms. The Hall–Kier alpha value is -2.48. The molecule has 1 aromatic carbocycles. The molecule has 0 saturated carbocycles. The Labute approximate surface area is 195 Å². The second-order valence-electron chi connectivity index (χ2n) is 8.96. The summed E-state index contributed by atoms with van der Waals surface area (Å²) in [7, 11) is -1.19. The van der Waals surface area contributed by atoms with Gasteiger partial charge in [0.05, 0.1) is 6.54 Å². The Morgan fingerprint density at radius 3 is 2.64 bits per heavy atom. The Kier molecular flexibility index (Phi) is 7.32. The summed E-state index contributed by atoms with van der Waals surface area (Å²) in [5.41, 5.74) is 9.29. The third kappa shape index (κ3) is 6.10. The number of Topliss-reactive ketones (excluding diaryl/α,β-unsaturated/α-hetero) is 1. The van der Waals surface area contributed by atoms with Crippen LogP contribution in [-0.2, 0) is 33.4 Å². The van der Waals surface area contributed by atoms with Crippen molar-refractivity contribution in [2.45, 2.75) is 32.4 Å². The molecule has 0 radical (unpaired) electrons. The number of aromatic nitrogens is 2. The number of carbonyl (C=O) groups excluding carboxylic acids is 1. The van der Waals surface area contributed by atoms with Crippen LogP contribution in [-0.4, -0.2) is 66.8 Å². The van der Waals surface area contributed by atoms with E-state index in [4.69, 9.17) is 10.3 Å². The van der Waals surface area contributed by atoms with E-state index >= 15 is 0 Å². The van der Waals surface area contributed by atoms with Crippen molar-refractivity contribution in [3.8, 4) is 0 Å². The van der Waals surface area contributed by atoms with E-state index in [1.165, 1.54) is 25.5 Å². The molecule has 1 fully saturated rings. The van der Waals surface area contributed by atoms with Crippen LogP contribution < -0.4 is 16.0 Å². The number of carbonyl (C=O) groups is 1. The third-order valence-corrected chi connectivity index (χ3v) is 8.02. The van der Waals surface area contributed by atoms with E-state index in [0.717, 1.165) is 25.2 Å². The Morgan fingerprint density at radius 2 is 1.91 bits per heavy atom. The first-order chi connectivity index (χ1) is 15.8. The molecule has 3 heterocycles. The average Bonchev–Trinajstić information content (AvgIpc) is 3.28. The molecule has 9 nitrogen and oxygen atoms in total. The van der Waals surface area contributed by atoms with Crippen LogP contribution in [0.2, 0.25) is 0 Å². The SMILES string of the molecule is COP(C)(=O)CCNc1nc(N)c2c(n1)N(Cc1cccc(CN3CCCC3)c1)CC(=O)C2. The van der Waals surface area contributed by atoms with Crippen molar-refractivity contribution in [1.29, 1.82) is 0 Å². The zero-order chi connectivity index (χ0) is 23.4. The summed E-state index contributed by atoms with van der Waals surface area (Å²) < 4.78 is 17.2. The maximum Gasteiger partial charge on any atom is 0.226 e.